The zero-order valence-corrected chi connectivity index (χ0v) is 10.6. The first-order valence-electron chi connectivity index (χ1n) is 6.49. The number of allylic oxidation sites excluding steroid dienone is 2. The van der Waals surface area contributed by atoms with Gasteiger partial charge in [-0.15, -0.1) is 0 Å². The number of likely N-dealkylation sites (tertiary alicyclic amines) is 1. The quantitative estimate of drug-likeness (QED) is 0.789. The Kier molecular flexibility index (Phi) is 4.18. The highest BCUT2D eigenvalue weighted by Gasteiger charge is 2.25. The molecule has 0 aromatic carbocycles. The van der Waals surface area contributed by atoms with Crippen molar-refractivity contribution in [3.05, 3.63) is 11.8 Å². The number of nitrogens with zero attached hydrogens (tertiary/aromatic N) is 2. The lowest BCUT2D eigenvalue weighted by Crippen LogP contribution is -2.36. The van der Waals surface area contributed by atoms with E-state index in [1.54, 1.807) is 4.90 Å². The van der Waals surface area contributed by atoms with E-state index in [2.05, 4.69) is 11.0 Å². The average Bonchev–Trinajstić information content (AvgIpc) is 2.98. The van der Waals surface area contributed by atoms with Gasteiger partial charge in [0.1, 0.15) is 0 Å². The van der Waals surface area contributed by atoms with E-state index in [4.69, 9.17) is 5.11 Å². The molecule has 1 heterocycles. The molecule has 0 radical (unpaired) electrons. The predicted octanol–water partition coefficient (Wildman–Crippen LogP) is 0.827. The van der Waals surface area contributed by atoms with Gasteiger partial charge < -0.3 is 10.0 Å². The van der Waals surface area contributed by atoms with Crippen molar-refractivity contribution in [2.75, 3.05) is 33.3 Å². The molecule has 1 aliphatic heterocycles. The molecule has 0 saturated carbocycles. The second kappa shape index (κ2) is 5.65. The molecule has 0 aromatic rings. The van der Waals surface area contributed by atoms with Crippen LogP contribution in [0, 0.1) is 5.92 Å². The summed E-state index contributed by atoms with van der Waals surface area (Å²) in [6.45, 7) is 2.52. The van der Waals surface area contributed by atoms with Crippen LogP contribution in [0.2, 0.25) is 0 Å². The van der Waals surface area contributed by atoms with Crippen LogP contribution in [-0.4, -0.2) is 54.1 Å². The van der Waals surface area contributed by atoms with Gasteiger partial charge in [-0.05, 0) is 38.1 Å². The van der Waals surface area contributed by atoms with Crippen LogP contribution in [0.1, 0.15) is 25.7 Å². The van der Waals surface area contributed by atoms with E-state index in [1.165, 1.54) is 12.1 Å². The number of hydrogen-bond acceptors (Lipinski definition) is 3. The summed E-state index contributed by atoms with van der Waals surface area (Å²) in [5.41, 5.74) is 1.17. The summed E-state index contributed by atoms with van der Waals surface area (Å²) in [7, 11) is 1.87. The molecule has 1 saturated heterocycles. The number of amides is 1. The van der Waals surface area contributed by atoms with Gasteiger partial charge in [0.05, 0.1) is 6.54 Å². The lowest BCUT2D eigenvalue weighted by Gasteiger charge is -2.22. The molecule has 1 aliphatic carbocycles. The first kappa shape index (κ1) is 12.6. The molecule has 4 nitrogen and oxygen atoms in total. The smallest absolute Gasteiger partial charge is 0.240 e. The van der Waals surface area contributed by atoms with E-state index in [0.29, 0.717) is 12.5 Å². The number of hydrogen-bond donors (Lipinski definition) is 1. The number of carbonyl (C=O) groups excluding carboxylic acids is 1. The molecule has 1 unspecified atom stereocenters. The lowest BCUT2D eigenvalue weighted by molar-refractivity contribution is -0.129. The van der Waals surface area contributed by atoms with Crippen molar-refractivity contribution < 1.29 is 9.90 Å². The zero-order chi connectivity index (χ0) is 12.3. The third-order valence-electron chi connectivity index (χ3n) is 3.81. The normalized spacial score (nSPS) is 25.1. The first-order valence-corrected chi connectivity index (χ1v) is 6.49. The molecule has 1 N–H and O–H groups in total. The molecule has 2 aliphatic rings. The van der Waals surface area contributed by atoms with Crippen molar-refractivity contribution in [2.45, 2.75) is 25.7 Å². The number of carbonyl (C=O) groups is 1. The van der Waals surface area contributed by atoms with Crippen LogP contribution < -0.4 is 0 Å². The molecule has 96 valence electrons. The van der Waals surface area contributed by atoms with Crippen molar-refractivity contribution >= 4 is 5.91 Å². The second-order valence-electron chi connectivity index (χ2n) is 5.11. The SMILES string of the molecule is CN(C(=O)CN1CCC(CO)C1)C1=CCCC1. The minimum absolute atomic E-state index is 0.178. The molecule has 0 aromatic heterocycles. The summed E-state index contributed by atoms with van der Waals surface area (Å²) >= 11 is 0. The molecular formula is C13H22N2O2. The Morgan fingerprint density at radius 3 is 3.06 bits per heavy atom. The van der Waals surface area contributed by atoms with Gasteiger partial charge in [-0.3, -0.25) is 9.69 Å². The number of likely N-dealkylation sites (N-methyl/N-ethyl adjacent to an activating group) is 1. The van der Waals surface area contributed by atoms with Crippen LogP contribution in [0.3, 0.4) is 0 Å². The Balaban J connectivity index is 1.81. The van der Waals surface area contributed by atoms with E-state index >= 15 is 0 Å². The topological polar surface area (TPSA) is 43.8 Å². The molecule has 1 amide bonds. The maximum Gasteiger partial charge on any atom is 0.240 e. The molecular weight excluding hydrogens is 216 g/mol. The summed E-state index contributed by atoms with van der Waals surface area (Å²) < 4.78 is 0. The molecule has 17 heavy (non-hydrogen) atoms. The summed E-state index contributed by atoms with van der Waals surface area (Å²) in [6.07, 6.45) is 6.47. The van der Waals surface area contributed by atoms with Crippen molar-refractivity contribution in [1.82, 2.24) is 9.80 Å². The first-order chi connectivity index (χ1) is 8.20. The summed E-state index contributed by atoms with van der Waals surface area (Å²) in [6, 6.07) is 0. The van der Waals surface area contributed by atoms with E-state index in [0.717, 1.165) is 32.4 Å². The fraction of sp³-hybridized carbons (Fsp3) is 0.769. The zero-order valence-electron chi connectivity index (χ0n) is 10.6. The Bertz CT molecular complexity index is 315. The van der Waals surface area contributed by atoms with Crippen molar-refractivity contribution in [3.8, 4) is 0 Å². The summed E-state index contributed by atoms with van der Waals surface area (Å²) in [5.74, 6) is 0.538. The lowest BCUT2D eigenvalue weighted by atomic mass is 10.1. The summed E-state index contributed by atoms with van der Waals surface area (Å²) in [4.78, 5) is 16.0. The Labute approximate surface area is 103 Å². The van der Waals surface area contributed by atoms with Gasteiger partial charge in [-0.2, -0.15) is 0 Å². The molecule has 1 fully saturated rings. The van der Waals surface area contributed by atoms with Gasteiger partial charge in [0.2, 0.25) is 5.91 Å². The average molecular weight is 238 g/mol. The number of rotatable bonds is 4. The number of aliphatic hydroxyl groups excluding tert-OH is 1. The van der Waals surface area contributed by atoms with E-state index in [1.807, 2.05) is 7.05 Å². The maximum absolute atomic E-state index is 12.1. The highest BCUT2D eigenvalue weighted by Crippen LogP contribution is 2.21. The van der Waals surface area contributed by atoms with Crippen molar-refractivity contribution in [2.24, 2.45) is 5.92 Å². The van der Waals surface area contributed by atoms with Crippen LogP contribution in [0.4, 0.5) is 0 Å². The second-order valence-corrected chi connectivity index (χ2v) is 5.11. The Morgan fingerprint density at radius 2 is 2.47 bits per heavy atom. The monoisotopic (exact) mass is 238 g/mol. The minimum Gasteiger partial charge on any atom is -0.396 e. The van der Waals surface area contributed by atoms with Crippen LogP contribution in [0.25, 0.3) is 0 Å². The fourth-order valence-electron chi connectivity index (χ4n) is 2.62. The van der Waals surface area contributed by atoms with Gasteiger partial charge in [-0.25, -0.2) is 0 Å². The standard InChI is InChI=1S/C13H22N2O2/c1-14(12-4-2-3-5-12)13(17)9-15-7-6-11(8-15)10-16/h4,11,16H,2-3,5-10H2,1H3. The van der Waals surface area contributed by atoms with Gasteiger partial charge in [-0.1, -0.05) is 6.08 Å². The predicted molar refractivity (Wildman–Crippen MR) is 66.3 cm³/mol. The highest BCUT2D eigenvalue weighted by atomic mass is 16.3. The third-order valence-corrected chi connectivity index (χ3v) is 3.81. The maximum atomic E-state index is 12.1. The Hall–Kier alpha value is -0.870. The summed E-state index contributed by atoms with van der Waals surface area (Å²) in [5, 5.41) is 9.07. The van der Waals surface area contributed by atoms with Crippen molar-refractivity contribution in [3.63, 3.8) is 0 Å². The van der Waals surface area contributed by atoms with Crippen LogP contribution in [0.15, 0.2) is 11.8 Å². The molecule has 4 heteroatoms. The van der Waals surface area contributed by atoms with Crippen molar-refractivity contribution in [1.29, 1.82) is 0 Å². The van der Waals surface area contributed by atoms with Gasteiger partial charge >= 0.3 is 0 Å². The molecule has 2 rings (SSSR count). The Morgan fingerprint density at radius 1 is 1.65 bits per heavy atom. The fourth-order valence-corrected chi connectivity index (χ4v) is 2.62. The highest BCUT2D eigenvalue weighted by molar-refractivity contribution is 5.79. The van der Waals surface area contributed by atoms with E-state index in [9.17, 15) is 4.79 Å². The molecule has 0 spiro atoms. The van der Waals surface area contributed by atoms with Gasteiger partial charge in [0, 0.05) is 25.9 Å². The minimum atomic E-state index is 0.178. The third kappa shape index (κ3) is 3.07. The largest absolute Gasteiger partial charge is 0.396 e. The van der Waals surface area contributed by atoms with Crippen LogP contribution in [0.5, 0.6) is 0 Å². The van der Waals surface area contributed by atoms with Gasteiger partial charge in [0.15, 0.2) is 0 Å². The van der Waals surface area contributed by atoms with Gasteiger partial charge in [0.25, 0.3) is 0 Å². The molecule has 0 bridgehead atoms. The van der Waals surface area contributed by atoms with Crippen LogP contribution >= 0.6 is 0 Å². The molecule has 1 atom stereocenters. The van der Waals surface area contributed by atoms with E-state index in [-0.39, 0.29) is 12.5 Å². The van der Waals surface area contributed by atoms with Crippen LogP contribution in [-0.2, 0) is 4.79 Å². The number of aliphatic hydroxyl groups is 1. The van der Waals surface area contributed by atoms with E-state index < -0.39 is 0 Å².